The van der Waals surface area contributed by atoms with Gasteiger partial charge in [-0.15, -0.1) is 0 Å². The second kappa shape index (κ2) is 3.79. The molecule has 0 unspecified atom stereocenters. The molecule has 3 heteroatoms. The predicted molar refractivity (Wildman–Crippen MR) is 54.6 cm³/mol. The van der Waals surface area contributed by atoms with Crippen LogP contribution in [0.15, 0.2) is 4.40 Å². The summed E-state index contributed by atoms with van der Waals surface area (Å²) in [6.07, 6.45) is 3.70. The molecule has 70 valence electrons. The van der Waals surface area contributed by atoms with Crippen LogP contribution in [0.4, 0.5) is 0 Å². The van der Waals surface area contributed by atoms with Gasteiger partial charge in [0.1, 0.15) is 0 Å². The molecule has 0 saturated heterocycles. The highest BCUT2D eigenvalue weighted by atomic mass is 32.2. The monoisotopic (exact) mass is 187 g/mol. The van der Waals surface area contributed by atoms with E-state index in [-0.39, 0.29) is 10.9 Å². The molecule has 0 radical (unpaired) electrons. The zero-order valence-electron chi connectivity index (χ0n) is 7.95. The van der Waals surface area contributed by atoms with E-state index in [4.69, 9.17) is 5.11 Å². The van der Waals surface area contributed by atoms with Crippen molar-refractivity contribution in [3.63, 3.8) is 0 Å². The molecular weight excluding hydrogens is 170 g/mol. The fraction of sp³-hybridized carbons (Fsp3) is 0.889. The van der Waals surface area contributed by atoms with Crippen molar-refractivity contribution in [1.82, 2.24) is 0 Å². The summed E-state index contributed by atoms with van der Waals surface area (Å²) in [5.41, 5.74) is 0. The van der Waals surface area contributed by atoms with Crippen molar-refractivity contribution in [2.45, 2.75) is 44.5 Å². The van der Waals surface area contributed by atoms with Crippen LogP contribution in [0.3, 0.4) is 0 Å². The van der Waals surface area contributed by atoms with Crippen LogP contribution >= 0.6 is 11.9 Å². The molecule has 0 spiro atoms. The van der Waals surface area contributed by atoms with E-state index < -0.39 is 0 Å². The molecule has 12 heavy (non-hydrogen) atoms. The lowest BCUT2D eigenvalue weighted by Gasteiger charge is -2.27. The molecule has 1 fully saturated rings. The maximum atomic E-state index is 9.01. The Hall–Kier alpha value is -0.0200. The lowest BCUT2D eigenvalue weighted by atomic mass is 9.84. The molecule has 1 aliphatic rings. The quantitative estimate of drug-likeness (QED) is 0.531. The molecule has 1 aliphatic carbocycles. The third kappa shape index (κ3) is 3.59. The van der Waals surface area contributed by atoms with Crippen molar-refractivity contribution in [2.24, 2.45) is 10.3 Å². The molecule has 0 amide bonds. The van der Waals surface area contributed by atoms with Crippen LogP contribution in [-0.2, 0) is 0 Å². The SMILES string of the molecule is CC(C)(C)SN=CC1CC(O)C1. The molecule has 0 aromatic rings. The van der Waals surface area contributed by atoms with Gasteiger partial charge in [-0.1, -0.05) is 0 Å². The molecule has 0 aliphatic heterocycles. The van der Waals surface area contributed by atoms with Crippen molar-refractivity contribution >= 4 is 18.2 Å². The highest BCUT2D eigenvalue weighted by Gasteiger charge is 2.25. The molecular formula is C9H17NOS. The first-order valence-corrected chi connectivity index (χ1v) is 5.14. The molecule has 1 rings (SSSR count). The summed E-state index contributed by atoms with van der Waals surface area (Å²) in [4.78, 5) is 0. The molecule has 0 aromatic heterocycles. The smallest absolute Gasteiger partial charge is 0.0552 e. The maximum absolute atomic E-state index is 9.01. The van der Waals surface area contributed by atoms with Crippen molar-refractivity contribution < 1.29 is 5.11 Å². The number of hydrogen-bond donors (Lipinski definition) is 1. The van der Waals surface area contributed by atoms with Gasteiger partial charge in [0, 0.05) is 11.0 Å². The predicted octanol–water partition coefficient (Wildman–Crippen LogP) is 2.27. The van der Waals surface area contributed by atoms with Crippen LogP contribution in [0, 0.1) is 5.92 Å². The number of hydrogen-bond acceptors (Lipinski definition) is 3. The van der Waals surface area contributed by atoms with Crippen molar-refractivity contribution in [1.29, 1.82) is 0 Å². The first kappa shape index (κ1) is 10.1. The Morgan fingerprint density at radius 3 is 2.42 bits per heavy atom. The van der Waals surface area contributed by atoms with Gasteiger partial charge in [0.05, 0.1) is 6.10 Å². The van der Waals surface area contributed by atoms with Crippen LogP contribution in [-0.4, -0.2) is 22.2 Å². The zero-order chi connectivity index (χ0) is 9.19. The highest BCUT2D eigenvalue weighted by molar-refractivity contribution is 7.99. The molecule has 0 bridgehead atoms. The van der Waals surface area contributed by atoms with Crippen LogP contribution < -0.4 is 0 Å². The Bertz CT molecular complexity index is 168. The largest absolute Gasteiger partial charge is 0.393 e. The van der Waals surface area contributed by atoms with E-state index in [1.54, 1.807) is 11.9 Å². The summed E-state index contributed by atoms with van der Waals surface area (Å²) in [6, 6.07) is 0. The van der Waals surface area contributed by atoms with Crippen molar-refractivity contribution in [2.75, 3.05) is 0 Å². The van der Waals surface area contributed by atoms with E-state index in [1.165, 1.54) is 0 Å². The Labute approximate surface area is 78.6 Å². The number of aliphatic hydroxyl groups is 1. The zero-order valence-corrected chi connectivity index (χ0v) is 8.77. The third-order valence-corrected chi connectivity index (χ3v) is 2.52. The minimum Gasteiger partial charge on any atom is -0.393 e. The topological polar surface area (TPSA) is 32.6 Å². The first-order chi connectivity index (χ1) is 5.47. The van der Waals surface area contributed by atoms with Crippen LogP contribution in [0.2, 0.25) is 0 Å². The number of aliphatic hydroxyl groups excluding tert-OH is 1. The highest BCUT2D eigenvalue weighted by Crippen LogP contribution is 2.28. The van der Waals surface area contributed by atoms with Crippen LogP contribution in [0.25, 0.3) is 0 Å². The molecule has 2 nitrogen and oxygen atoms in total. The van der Waals surface area contributed by atoms with E-state index in [9.17, 15) is 0 Å². The van der Waals surface area contributed by atoms with Crippen molar-refractivity contribution in [3.05, 3.63) is 0 Å². The van der Waals surface area contributed by atoms with Gasteiger partial charge in [-0.05, 0) is 51.5 Å². The summed E-state index contributed by atoms with van der Waals surface area (Å²) in [5.74, 6) is 0.523. The molecule has 1 saturated carbocycles. The second-order valence-corrected chi connectivity index (χ2v) is 5.96. The normalized spacial score (nSPS) is 30.7. The van der Waals surface area contributed by atoms with Gasteiger partial charge in [0.15, 0.2) is 0 Å². The molecule has 0 heterocycles. The Balaban J connectivity index is 2.15. The Morgan fingerprint density at radius 1 is 1.42 bits per heavy atom. The fourth-order valence-electron chi connectivity index (χ4n) is 1.03. The van der Waals surface area contributed by atoms with Gasteiger partial charge in [-0.3, -0.25) is 0 Å². The number of rotatable bonds is 2. The van der Waals surface area contributed by atoms with Crippen molar-refractivity contribution in [3.8, 4) is 0 Å². The van der Waals surface area contributed by atoms with E-state index in [0.717, 1.165) is 12.8 Å². The third-order valence-electron chi connectivity index (χ3n) is 1.75. The minimum atomic E-state index is -0.0684. The average molecular weight is 187 g/mol. The first-order valence-electron chi connectivity index (χ1n) is 4.37. The standard InChI is InChI=1S/C9H17NOS/c1-9(2,3)12-10-6-7-4-8(11)5-7/h6-8,11H,4-5H2,1-3H3. The van der Waals surface area contributed by atoms with Crippen LogP contribution in [0.1, 0.15) is 33.6 Å². The van der Waals surface area contributed by atoms with Gasteiger partial charge < -0.3 is 5.11 Å². The lowest BCUT2D eigenvalue weighted by Crippen LogP contribution is -2.29. The van der Waals surface area contributed by atoms with Gasteiger partial charge in [0.2, 0.25) is 0 Å². The van der Waals surface area contributed by atoms with E-state index in [0.29, 0.717) is 5.92 Å². The summed E-state index contributed by atoms with van der Waals surface area (Å²) in [5, 5.41) is 9.01. The summed E-state index contributed by atoms with van der Waals surface area (Å²) in [7, 11) is 0. The van der Waals surface area contributed by atoms with Crippen LogP contribution in [0.5, 0.6) is 0 Å². The maximum Gasteiger partial charge on any atom is 0.0552 e. The van der Waals surface area contributed by atoms with E-state index in [1.807, 2.05) is 6.21 Å². The van der Waals surface area contributed by atoms with Gasteiger partial charge in [-0.25, -0.2) is 4.40 Å². The molecule has 0 aromatic carbocycles. The van der Waals surface area contributed by atoms with Gasteiger partial charge in [-0.2, -0.15) is 0 Å². The molecule has 1 N–H and O–H groups in total. The Morgan fingerprint density at radius 2 is 2.00 bits per heavy atom. The average Bonchev–Trinajstić information content (AvgIpc) is 1.81. The van der Waals surface area contributed by atoms with Gasteiger partial charge in [0.25, 0.3) is 0 Å². The molecule has 0 atom stereocenters. The summed E-state index contributed by atoms with van der Waals surface area (Å²) >= 11 is 1.60. The summed E-state index contributed by atoms with van der Waals surface area (Å²) < 4.78 is 4.49. The van der Waals surface area contributed by atoms with E-state index >= 15 is 0 Å². The van der Waals surface area contributed by atoms with Gasteiger partial charge >= 0.3 is 0 Å². The minimum absolute atomic E-state index is 0.0684. The lowest BCUT2D eigenvalue weighted by molar-refractivity contribution is 0.0720. The van der Waals surface area contributed by atoms with E-state index in [2.05, 4.69) is 25.2 Å². The second-order valence-electron chi connectivity index (χ2n) is 4.34. The Kier molecular flexibility index (Phi) is 3.18. The fourth-order valence-corrected chi connectivity index (χ4v) is 1.58. The summed E-state index contributed by atoms with van der Waals surface area (Å²) in [6.45, 7) is 6.43. The number of nitrogens with zero attached hydrogens (tertiary/aromatic N) is 1.